The molecule has 0 fully saturated rings. The zero-order valence-corrected chi connectivity index (χ0v) is 15.3. The number of hydrogen-bond donors (Lipinski definition) is 0. The Bertz CT molecular complexity index is 1060. The van der Waals surface area contributed by atoms with E-state index in [1.807, 2.05) is 19.1 Å². The monoisotopic (exact) mass is 370 g/mol. The molecule has 0 radical (unpaired) electrons. The number of aryl methyl sites for hydroxylation is 1. The molecule has 0 aliphatic heterocycles. The van der Waals surface area contributed by atoms with E-state index in [1.54, 1.807) is 36.7 Å². The first-order valence-corrected chi connectivity index (χ1v) is 9.70. The summed E-state index contributed by atoms with van der Waals surface area (Å²) in [5.74, 6) is -0.136. The Hall–Kier alpha value is -2.80. The fourth-order valence-electron chi connectivity index (χ4n) is 2.58. The van der Waals surface area contributed by atoms with Crippen LogP contribution in [0.5, 0.6) is 0 Å². The quantitative estimate of drug-likeness (QED) is 0.644. The Balaban J connectivity index is 1.75. The average molecular weight is 370 g/mol. The van der Waals surface area contributed by atoms with Crippen LogP contribution in [0.2, 0.25) is 0 Å². The van der Waals surface area contributed by atoms with E-state index in [2.05, 4.69) is 4.98 Å². The molecule has 0 unspecified atom stereocenters. The predicted octanol–water partition coefficient (Wildman–Crippen LogP) is 2.24. The van der Waals surface area contributed by atoms with Crippen LogP contribution in [0.1, 0.15) is 27.2 Å². The molecule has 2 heterocycles. The van der Waals surface area contributed by atoms with Crippen molar-refractivity contribution in [3.8, 4) is 0 Å². The summed E-state index contributed by atoms with van der Waals surface area (Å²) in [7, 11) is -0.989. The molecule has 0 spiro atoms. The molecule has 0 amide bonds. The van der Waals surface area contributed by atoms with Crippen LogP contribution < -0.4 is 5.56 Å². The Morgan fingerprint density at radius 3 is 2.81 bits per heavy atom. The van der Waals surface area contributed by atoms with E-state index in [9.17, 15) is 13.8 Å². The van der Waals surface area contributed by atoms with Crippen molar-refractivity contribution in [1.82, 2.24) is 9.38 Å². The fourth-order valence-corrected chi connectivity index (χ4v) is 3.23. The van der Waals surface area contributed by atoms with Crippen molar-refractivity contribution in [1.29, 1.82) is 0 Å². The van der Waals surface area contributed by atoms with Gasteiger partial charge in [-0.15, -0.1) is 0 Å². The lowest BCUT2D eigenvalue weighted by Gasteiger charge is -2.07. The Labute approximate surface area is 152 Å². The van der Waals surface area contributed by atoms with Gasteiger partial charge in [-0.1, -0.05) is 18.2 Å². The standard InChI is InChI=1S/C19H18N2O4S/c1-13-6-7-17-20-16(9-18(22)21(17)10-13)11-25-19(23)15-5-3-4-14(8-15)12-26(2)24/h3-10H,11-12H2,1-2H3/t26-/m0/s1. The Morgan fingerprint density at radius 1 is 1.23 bits per heavy atom. The maximum Gasteiger partial charge on any atom is 0.338 e. The van der Waals surface area contributed by atoms with Crippen molar-refractivity contribution in [3.63, 3.8) is 0 Å². The number of carbonyl (C=O) groups excluding carboxylic acids is 1. The molecule has 0 aliphatic rings. The van der Waals surface area contributed by atoms with Crippen LogP contribution in [0.25, 0.3) is 5.65 Å². The Kier molecular flexibility index (Phi) is 5.27. The molecule has 0 saturated carbocycles. The molecular weight excluding hydrogens is 352 g/mol. The molecule has 2 aromatic heterocycles. The maximum atomic E-state index is 12.2. The van der Waals surface area contributed by atoms with Gasteiger partial charge in [0.15, 0.2) is 0 Å². The van der Waals surface area contributed by atoms with Crippen LogP contribution in [0.15, 0.2) is 53.5 Å². The summed E-state index contributed by atoms with van der Waals surface area (Å²) in [6.07, 6.45) is 3.32. The molecule has 6 nitrogen and oxygen atoms in total. The number of fused-ring (bicyclic) bond motifs is 1. The first-order valence-electron chi connectivity index (χ1n) is 7.97. The number of rotatable bonds is 5. The van der Waals surface area contributed by atoms with Crippen LogP contribution in [-0.2, 0) is 27.9 Å². The number of benzene rings is 1. The topological polar surface area (TPSA) is 77.7 Å². The summed E-state index contributed by atoms with van der Waals surface area (Å²) in [5, 5.41) is 0. The van der Waals surface area contributed by atoms with Crippen LogP contribution in [-0.4, -0.2) is 25.8 Å². The fraction of sp³-hybridized carbons (Fsp3) is 0.211. The van der Waals surface area contributed by atoms with Gasteiger partial charge in [-0.3, -0.25) is 13.4 Å². The molecule has 0 bridgehead atoms. The van der Waals surface area contributed by atoms with Gasteiger partial charge < -0.3 is 4.74 Å². The minimum Gasteiger partial charge on any atom is -0.456 e. The van der Waals surface area contributed by atoms with Crippen LogP contribution in [0.4, 0.5) is 0 Å². The van der Waals surface area contributed by atoms with Gasteiger partial charge in [0.2, 0.25) is 0 Å². The Morgan fingerprint density at radius 2 is 2.04 bits per heavy atom. The second-order valence-corrected chi connectivity index (χ2v) is 7.45. The highest BCUT2D eigenvalue weighted by Gasteiger charge is 2.10. The summed E-state index contributed by atoms with van der Waals surface area (Å²) >= 11 is 0. The van der Waals surface area contributed by atoms with Crippen LogP contribution >= 0.6 is 0 Å². The lowest BCUT2D eigenvalue weighted by Crippen LogP contribution is -2.17. The van der Waals surface area contributed by atoms with Crippen molar-refractivity contribution in [3.05, 3.63) is 81.4 Å². The average Bonchev–Trinajstić information content (AvgIpc) is 2.60. The number of hydrogen-bond acceptors (Lipinski definition) is 5. The van der Waals surface area contributed by atoms with E-state index in [0.717, 1.165) is 11.1 Å². The van der Waals surface area contributed by atoms with Crippen molar-refractivity contribution in [2.75, 3.05) is 6.26 Å². The van der Waals surface area contributed by atoms with Crippen LogP contribution in [0.3, 0.4) is 0 Å². The summed E-state index contributed by atoms with van der Waals surface area (Å²) in [4.78, 5) is 28.8. The van der Waals surface area contributed by atoms with Crippen molar-refractivity contribution in [2.24, 2.45) is 0 Å². The predicted molar refractivity (Wildman–Crippen MR) is 99.5 cm³/mol. The molecule has 134 valence electrons. The van der Waals surface area contributed by atoms with Gasteiger partial charge >= 0.3 is 5.97 Å². The second-order valence-electron chi connectivity index (χ2n) is 6.01. The number of ether oxygens (including phenoxy) is 1. The summed E-state index contributed by atoms with van der Waals surface area (Å²) < 4.78 is 18.0. The van der Waals surface area contributed by atoms with Crippen molar-refractivity contribution in [2.45, 2.75) is 19.3 Å². The highest BCUT2D eigenvalue weighted by molar-refractivity contribution is 7.83. The number of nitrogens with zero attached hydrogens (tertiary/aromatic N) is 2. The third-order valence-corrected chi connectivity index (χ3v) is 4.48. The molecule has 26 heavy (non-hydrogen) atoms. The minimum atomic E-state index is -0.989. The molecule has 0 aliphatic carbocycles. The molecule has 0 saturated heterocycles. The zero-order chi connectivity index (χ0) is 18.7. The largest absolute Gasteiger partial charge is 0.456 e. The van der Waals surface area contributed by atoms with E-state index < -0.39 is 16.8 Å². The molecular formula is C19H18N2O4S. The highest BCUT2D eigenvalue weighted by atomic mass is 32.2. The van der Waals surface area contributed by atoms with E-state index in [-0.39, 0.29) is 12.2 Å². The normalized spacial score (nSPS) is 12.1. The number of carbonyl (C=O) groups is 1. The van der Waals surface area contributed by atoms with Gasteiger partial charge in [-0.25, -0.2) is 9.78 Å². The molecule has 7 heteroatoms. The lowest BCUT2D eigenvalue weighted by atomic mass is 10.1. The highest BCUT2D eigenvalue weighted by Crippen LogP contribution is 2.10. The SMILES string of the molecule is Cc1ccc2nc(COC(=O)c3cccc(C[S@](C)=O)c3)cc(=O)n2c1. The lowest BCUT2D eigenvalue weighted by molar-refractivity contribution is 0.0467. The van der Waals surface area contributed by atoms with Gasteiger partial charge in [0.1, 0.15) is 12.3 Å². The molecule has 3 rings (SSSR count). The zero-order valence-electron chi connectivity index (χ0n) is 14.5. The van der Waals surface area contributed by atoms with Gasteiger partial charge in [0, 0.05) is 35.1 Å². The first kappa shape index (κ1) is 18.0. The summed E-state index contributed by atoms with van der Waals surface area (Å²) in [6, 6.07) is 11.8. The smallest absolute Gasteiger partial charge is 0.338 e. The van der Waals surface area contributed by atoms with Gasteiger partial charge in [-0.05, 0) is 36.2 Å². The number of esters is 1. The van der Waals surface area contributed by atoms with Crippen molar-refractivity contribution >= 4 is 22.4 Å². The third-order valence-electron chi connectivity index (χ3n) is 3.74. The van der Waals surface area contributed by atoms with Gasteiger partial charge in [0.25, 0.3) is 5.56 Å². The number of pyridine rings is 1. The van der Waals surface area contributed by atoms with Gasteiger partial charge in [-0.2, -0.15) is 0 Å². The molecule has 0 N–H and O–H groups in total. The van der Waals surface area contributed by atoms with E-state index in [1.165, 1.54) is 10.5 Å². The van der Waals surface area contributed by atoms with Crippen molar-refractivity contribution < 1.29 is 13.7 Å². The summed E-state index contributed by atoms with van der Waals surface area (Å²) in [6.45, 7) is 1.80. The maximum absolute atomic E-state index is 12.2. The van der Waals surface area contributed by atoms with Crippen LogP contribution in [0, 0.1) is 6.92 Å². The third kappa shape index (κ3) is 4.23. The molecule has 3 aromatic rings. The first-order chi connectivity index (χ1) is 12.4. The van der Waals surface area contributed by atoms with E-state index >= 15 is 0 Å². The minimum absolute atomic E-state index is 0.0949. The number of aromatic nitrogens is 2. The van der Waals surface area contributed by atoms with E-state index in [0.29, 0.717) is 22.7 Å². The van der Waals surface area contributed by atoms with E-state index in [4.69, 9.17) is 4.74 Å². The summed E-state index contributed by atoms with van der Waals surface area (Å²) in [5.41, 5.74) is 2.80. The van der Waals surface area contributed by atoms with Gasteiger partial charge in [0.05, 0.1) is 11.3 Å². The molecule has 1 aromatic carbocycles. The second kappa shape index (κ2) is 7.61. The molecule has 1 atom stereocenters.